The van der Waals surface area contributed by atoms with Crippen LogP contribution in [-0.2, 0) is 6.54 Å². The third-order valence-corrected chi connectivity index (χ3v) is 3.01. The fourth-order valence-electron chi connectivity index (χ4n) is 1.79. The molecule has 5 N–H and O–H groups in total. The van der Waals surface area contributed by atoms with E-state index in [1.165, 1.54) is 0 Å². The zero-order valence-electron chi connectivity index (χ0n) is 11.5. The molecule has 108 valence electrons. The monoisotopic (exact) mass is 276 g/mol. The maximum absolute atomic E-state index is 5.58. The predicted octanol–water partition coefficient (Wildman–Crippen LogP) is 0.726. The second-order valence-electron chi connectivity index (χ2n) is 4.43. The summed E-state index contributed by atoms with van der Waals surface area (Å²) in [6, 6.07) is 7.67. The minimum Gasteiger partial charge on any atom is -0.497 e. The van der Waals surface area contributed by atoms with Gasteiger partial charge in [0, 0.05) is 31.2 Å². The van der Waals surface area contributed by atoms with Crippen LogP contribution in [0.15, 0.2) is 34.9 Å². The summed E-state index contributed by atoms with van der Waals surface area (Å²) in [5.74, 6) is 1.34. The number of hydrogen-bond acceptors (Lipinski definition) is 6. The SMILES string of the molecule is COc1cccc(-c2nc(CNC(CN)CN)co2)c1. The smallest absolute Gasteiger partial charge is 0.226 e. The predicted molar refractivity (Wildman–Crippen MR) is 77.2 cm³/mol. The molecule has 0 fully saturated rings. The van der Waals surface area contributed by atoms with Crippen LogP contribution in [0.4, 0.5) is 0 Å². The molecule has 6 heteroatoms. The van der Waals surface area contributed by atoms with Crippen LogP contribution < -0.4 is 21.5 Å². The van der Waals surface area contributed by atoms with Gasteiger partial charge in [-0.3, -0.25) is 0 Å². The van der Waals surface area contributed by atoms with Crippen molar-refractivity contribution in [3.63, 3.8) is 0 Å². The van der Waals surface area contributed by atoms with Gasteiger partial charge in [-0.25, -0.2) is 4.98 Å². The Morgan fingerprint density at radius 2 is 2.15 bits per heavy atom. The average Bonchev–Trinajstić information content (AvgIpc) is 2.97. The Labute approximate surface area is 118 Å². The molecule has 0 unspecified atom stereocenters. The summed E-state index contributed by atoms with van der Waals surface area (Å²) in [6.07, 6.45) is 1.63. The molecule has 0 aliphatic rings. The molecule has 1 aromatic heterocycles. The Bertz CT molecular complexity index is 537. The van der Waals surface area contributed by atoms with Crippen molar-refractivity contribution in [2.24, 2.45) is 11.5 Å². The van der Waals surface area contributed by atoms with E-state index in [9.17, 15) is 0 Å². The lowest BCUT2D eigenvalue weighted by Gasteiger charge is -2.12. The lowest BCUT2D eigenvalue weighted by molar-refractivity contribution is 0.414. The van der Waals surface area contributed by atoms with Gasteiger partial charge in [0.15, 0.2) is 0 Å². The molecule has 0 spiro atoms. The molecule has 0 amide bonds. The highest BCUT2D eigenvalue weighted by Crippen LogP contribution is 2.23. The molecule has 1 heterocycles. The second kappa shape index (κ2) is 7.04. The van der Waals surface area contributed by atoms with E-state index in [4.69, 9.17) is 20.6 Å². The van der Waals surface area contributed by atoms with Gasteiger partial charge in [0.25, 0.3) is 0 Å². The Hall–Kier alpha value is -1.89. The van der Waals surface area contributed by atoms with E-state index in [2.05, 4.69) is 10.3 Å². The Morgan fingerprint density at radius 1 is 1.35 bits per heavy atom. The second-order valence-corrected chi connectivity index (χ2v) is 4.43. The number of rotatable bonds is 7. The largest absolute Gasteiger partial charge is 0.497 e. The van der Waals surface area contributed by atoms with Crippen LogP contribution in [0.1, 0.15) is 5.69 Å². The molecule has 1 aromatic carbocycles. The number of oxazole rings is 1. The van der Waals surface area contributed by atoms with Gasteiger partial charge in [-0.05, 0) is 18.2 Å². The molecule has 0 aliphatic carbocycles. The zero-order chi connectivity index (χ0) is 14.4. The molecule has 0 aliphatic heterocycles. The van der Waals surface area contributed by atoms with Crippen LogP contribution in [-0.4, -0.2) is 31.2 Å². The molecule has 2 aromatic rings. The van der Waals surface area contributed by atoms with E-state index in [0.29, 0.717) is 25.5 Å². The molecule has 0 saturated carbocycles. The maximum Gasteiger partial charge on any atom is 0.226 e. The third-order valence-electron chi connectivity index (χ3n) is 3.01. The molecule has 6 nitrogen and oxygen atoms in total. The van der Waals surface area contributed by atoms with Gasteiger partial charge in [-0.2, -0.15) is 0 Å². The number of nitrogens with zero attached hydrogens (tertiary/aromatic N) is 1. The van der Waals surface area contributed by atoms with E-state index in [1.54, 1.807) is 13.4 Å². The van der Waals surface area contributed by atoms with Crippen molar-refractivity contribution in [1.29, 1.82) is 0 Å². The molecule has 0 atom stereocenters. The summed E-state index contributed by atoms with van der Waals surface area (Å²) < 4.78 is 10.7. The van der Waals surface area contributed by atoms with Crippen LogP contribution in [0, 0.1) is 0 Å². The van der Waals surface area contributed by atoms with E-state index in [0.717, 1.165) is 17.0 Å². The van der Waals surface area contributed by atoms with E-state index in [-0.39, 0.29) is 6.04 Å². The van der Waals surface area contributed by atoms with E-state index in [1.807, 2.05) is 24.3 Å². The quantitative estimate of drug-likeness (QED) is 0.689. The Kier molecular flexibility index (Phi) is 5.11. The van der Waals surface area contributed by atoms with Gasteiger partial charge < -0.3 is 25.9 Å². The number of ether oxygens (including phenoxy) is 1. The minimum atomic E-state index is 0.0898. The van der Waals surface area contributed by atoms with Crippen molar-refractivity contribution in [3.05, 3.63) is 36.2 Å². The lowest BCUT2D eigenvalue weighted by Crippen LogP contribution is -2.41. The molecular formula is C14H20N4O2. The summed E-state index contributed by atoms with van der Waals surface area (Å²) in [5.41, 5.74) is 12.8. The van der Waals surface area contributed by atoms with Crippen molar-refractivity contribution in [1.82, 2.24) is 10.3 Å². The number of benzene rings is 1. The number of aromatic nitrogens is 1. The van der Waals surface area contributed by atoms with Crippen LogP contribution in [0.25, 0.3) is 11.5 Å². The van der Waals surface area contributed by atoms with Gasteiger partial charge >= 0.3 is 0 Å². The van der Waals surface area contributed by atoms with Gasteiger partial charge in [-0.1, -0.05) is 6.07 Å². The molecule has 20 heavy (non-hydrogen) atoms. The first-order valence-electron chi connectivity index (χ1n) is 6.49. The number of nitrogens with one attached hydrogen (secondary N) is 1. The standard InChI is InChI=1S/C14H20N4O2/c1-19-13-4-2-3-10(5-13)14-18-12(9-20-14)8-17-11(6-15)7-16/h2-5,9,11,17H,6-8,15-16H2,1H3. The number of nitrogens with two attached hydrogens (primary N) is 2. The summed E-state index contributed by atoms with van der Waals surface area (Å²) in [4.78, 5) is 4.43. The first-order chi connectivity index (χ1) is 9.76. The fraction of sp³-hybridized carbons (Fsp3) is 0.357. The minimum absolute atomic E-state index is 0.0898. The van der Waals surface area contributed by atoms with Crippen molar-refractivity contribution < 1.29 is 9.15 Å². The van der Waals surface area contributed by atoms with Gasteiger partial charge in [0.1, 0.15) is 12.0 Å². The van der Waals surface area contributed by atoms with Gasteiger partial charge in [-0.15, -0.1) is 0 Å². The average molecular weight is 276 g/mol. The van der Waals surface area contributed by atoms with E-state index >= 15 is 0 Å². The zero-order valence-corrected chi connectivity index (χ0v) is 11.5. The summed E-state index contributed by atoms with van der Waals surface area (Å²) in [7, 11) is 1.63. The van der Waals surface area contributed by atoms with Crippen LogP contribution in [0.5, 0.6) is 5.75 Å². The van der Waals surface area contributed by atoms with Crippen molar-refractivity contribution in [3.8, 4) is 17.2 Å². The number of hydrogen-bond donors (Lipinski definition) is 3. The van der Waals surface area contributed by atoms with Gasteiger partial charge in [0.05, 0.1) is 12.8 Å². The maximum atomic E-state index is 5.58. The summed E-state index contributed by atoms with van der Waals surface area (Å²) in [6.45, 7) is 1.57. The summed E-state index contributed by atoms with van der Waals surface area (Å²) >= 11 is 0. The first-order valence-corrected chi connectivity index (χ1v) is 6.49. The highest BCUT2D eigenvalue weighted by atomic mass is 16.5. The van der Waals surface area contributed by atoms with E-state index < -0.39 is 0 Å². The van der Waals surface area contributed by atoms with Crippen LogP contribution in [0.2, 0.25) is 0 Å². The Morgan fingerprint density at radius 3 is 2.85 bits per heavy atom. The molecular weight excluding hydrogens is 256 g/mol. The van der Waals surface area contributed by atoms with Gasteiger partial charge in [0.2, 0.25) is 5.89 Å². The molecule has 0 radical (unpaired) electrons. The highest BCUT2D eigenvalue weighted by Gasteiger charge is 2.09. The molecule has 0 saturated heterocycles. The molecule has 2 rings (SSSR count). The topological polar surface area (TPSA) is 99.3 Å². The Balaban J connectivity index is 2.04. The highest BCUT2D eigenvalue weighted by molar-refractivity contribution is 5.55. The van der Waals surface area contributed by atoms with Crippen LogP contribution >= 0.6 is 0 Å². The van der Waals surface area contributed by atoms with Crippen molar-refractivity contribution in [2.45, 2.75) is 12.6 Å². The number of methoxy groups -OCH3 is 1. The third kappa shape index (κ3) is 3.57. The first kappa shape index (κ1) is 14.5. The summed E-state index contributed by atoms with van der Waals surface area (Å²) in [5, 5.41) is 3.23. The van der Waals surface area contributed by atoms with Crippen molar-refractivity contribution >= 4 is 0 Å². The fourth-order valence-corrected chi connectivity index (χ4v) is 1.79. The normalized spacial score (nSPS) is 11.0. The molecule has 0 bridgehead atoms. The van der Waals surface area contributed by atoms with Crippen LogP contribution in [0.3, 0.4) is 0 Å². The lowest BCUT2D eigenvalue weighted by atomic mass is 10.2. The van der Waals surface area contributed by atoms with Crippen molar-refractivity contribution in [2.75, 3.05) is 20.2 Å².